The van der Waals surface area contributed by atoms with Crippen LogP contribution >= 0.6 is 15.9 Å². The summed E-state index contributed by atoms with van der Waals surface area (Å²) in [6.45, 7) is 2.74. The van der Waals surface area contributed by atoms with Gasteiger partial charge < -0.3 is 10.6 Å². The summed E-state index contributed by atoms with van der Waals surface area (Å²) in [5, 5.41) is 5.58. The number of halogens is 2. The number of nitrogens with one attached hydrogen (secondary N) is 2. The average Bonchev–Trinajstić information content (AvgIpc) is 2.44. The first-order chi connectivity index (χ1) is 9.61. The number of benzene rings is 1. The second-order valence-corrected chi connectivity index (χ2v) is 4.87. The Morgan fingerprint density at radius 2 is 2.15 bits per heavy atom. The molecule has 0 saturated carbocycles. The van der Waals surface area contributed by atoms with Crippen LogP contribution in [0.3, 0.4) is 0 Å². The van der Waals surface area contributed by atoms with Crippen LogP contribution in [-0.2, 0) is 0 Å². The highest BCUT2D eigenvalue weighted by Crippen LogP contribution is 2.25. The van der Waals surface area contributed by atoms with Gasteiger partial charge in [-0.05, 0) is 47.1 Å². The smallest absolute Gasteiger partial charge is 0.274 e. The van der Waals surface area contributed by atoms with Crippen molar-refractivity contribution in [2.45, 2.75) is 6.92 Å². The van der Waals surface area contributed by atoms with Crippen LogP contribution in [0.15, 0.2) is 41.0 Å². The topological polar surface area (TPSA) is 54.0 Å². The van der Waals surface area contributed by atoms with Gasteiger partial charge in [0.2, 0.25) is 0 Å². The summed E-state index contributed by atoms with van der Waals surface area (Å²) in [7, 11) is 0. The van der Waals surface area contributed by atoms with Crippen LogP contribution in [0.4, 0.5) is 15.8 Å². The van der Waals surface area contributed by atoms with E-state index in [2.05, 4.69) is 31.5 Å². The molecule has 2 rings (SSSR count). The van der Waals surface area contributed by atoms with Gasteiger partial charge in [0.05, 0.1) is 17.6 Å². The summed E-state index contributed by atoms with van der Waals surface area (Å²) in [6.07, 6.45) is 1.56. The lowest BCUT2D eigenvalue weighted by molar-refractivity contribution is 0.102. The van der Waals surface area contributed by atoms with Crippen LogP contribution in [0.2, 0.25) is 0 Å². The Hall–Kier alpha value is -1.95. The quantitative estimate of drug-likeness (QED) is 0.894. The average molecular weight is 338 g/mol. The van der Waals surface area contributed by atoms with Gasteiger partial charge in [-0.2, -0.15) is 0 Å². The normalized spacial score (nSPS) is 10.2. The Balaban J connectivity index is 2.16. The first-order valence-corrected chi connectivity index (χ1v) is 6.86. The fourth-order valence-corrected chi connectivity index (χ4v) is 2.07. The highest BCUT2D eigenvalue weighted by atomic mass is 79.9. The molecule has 2 N–H and O–H groups in total. The van der Waals surface area contributed by atoms with E-state index >= 15 is 0 Å². The molecular formula is C14H13BrFN3O. The van der Waals surface area contributed by atoms with Crippen LogP contribution in [0.5, 0.6) is 0 Å². The molecule has 0 aliphatic heterocycles. The number of pyridine rings is 1. The molecule has 1 aromatic carbocycles. The minimum absolute atomic E-state index is 0.107. The SMILES string of the molecule is CCNc1ccc(C(=O)Nc2c(F)cccc2Br)nc1. The van der Waals surface area contributed by atoms with Crippen molar-refractivity contribution < 1.29 is 9.18 Å². The molecule has 4 nitrogen and oxygen atoms in total. The second kappa shape index (κ2) is 6.47. The summed E-state index contributed by atoms with van der Waals surface area (Å²) < 4.78 is 14.1. The third kappa shape index (κ3) is 3.33. The zero-order valence-corrected chi connectivity index (χ0v) is 12.4. The Morgan fingerprint density at radius 3 is 2.75 bits per heavy atom. The number of rotatable bonds is 4. The lowest BCUT2D eigenvalue weighted by atomic mass is 10.2. The molecule has 2 aromatic rings. The Kier molecular flexibility index (Phi) is 4.68. The van der Waals surface area contributed by atoms with E-state index in [1.165, 1.54) is 6.07 Å². The first kappa shape index (κ1) is 14.5. The van der Waals surface area contributed by atoms with E-state index in [4.69, 9.17) is 0 Å². The summed E-state index contributed by atoms with van der Waals surface area (Å²) in [5.74, 6) is -0.962. The fraction of sp³-hybridized carbons (Fsp3) is 0.143. The van der Waals surface area contributed by atoms with Crippen molar-refractivity contribution in [2.24, 2.45) is 0 Å². The van der Waals surface area contributed by atoms with E-state index in [-0.39, 0.29) is 11.4 Å². The molecule has 0 aliphatic carbocycles. The third-order valence-corrected chi connectivity index (χ3v) is 3.24. The third-order valence-electron chi connectivity index (χ3n) is 2.58. The van der Waals surface area contributed by atoms with E-state index in [1.807, 2.05) is 6.92 Å². The van der Waals surface area contributed by atoms with Crippen LogP contribution in [0.25, 0.3) is 0 Å². The van der Waals surface area contributed by atoms with E-state index in [1.54, 1.807) is 30.5 Å². The molecule has 0 unspecified atom stereocenters. The second-order valence-electron chi connectivity index (χ2n) is 4.01. The first-order valence-electron chi connectivity index (χ1n) is 6.07. The molecule has 0 fully saturated rings. The number of para-hydroxylation sites is 1. The highest BCUT2D eigenvalue weighted by Gasteiger charge is 2.12. The van der Waals surface area contributed by atoms with E-state index in [0.717, 1.165) is 12.2 Å². The molecule has 6 heteroatoms. The monoisotopic (exact) mass is 337 g/mol. The van der Waals surface area contributed by atoms with Crippen molar-refractivity contribution in [2.75, 3.05) is 17.2 Å². The number of hydrogen-bond acceptors (Lipinski definition) is 3. The van der Waals surface area contributed by atoms with Gasteiger partial charge in [0, 0.05) is 11.0 Å². The van der Waals surface area contributed by atoms with Crippen molar-refractivity contribution >= 4 is 33.2 Å². The molecule has 104 valence electrons. The maximum absolute atomic E-state index is 13.6. The van der Waals surface area contributed by atoms with Crippen LogP contribution in [-0.4, -0.2) is 17.4 Å². The lowest BCUT2D eigenvalue weighted by Gasteiger charge is -2.08. The van der Waals surface area contributed by atoms with Gasteiger partial charge in [-0.1, -0.05) is 6.07 Å². The highest BCUT2D eigenvalue weighted by molar-refractivity contribution is 9.10. The number of nitrogens with zero attached hydrogens (tertiary/aromatic N) is 1. The fourth-order valence-electron chi connectivity index (χ4n) is 1.63. The summed E-state index contributed by atoms with van der Waals surface area (Å²) in [5.41, 5.74) is 1.16. The van der Waals surface area contributed by atoms with Crippen LogP contribution < -0.4 is 10.6 Å². The van der Waals surface area contributed by atoms with Crippen LogP contribution in [0.1, 0.15) is 17.4 Å². The minimum atomic E-state index is -0.503. The van der Waals surface area contributed by atoms with Crippen molar-refractivity contribution in [3.8, 4) is 0 Å². The largest absolute Gasteiger partial charge is 0.384 e. The Morgan fingerprint density at radius 1 is 1.35 bits per heavy atom. The molecule has 1 heterocycles. The zero-order valence-electron chi connectivity index (χ0n) is 10.8. The molecule has 0 aliphatic rings. The molecule has 0 atom stereocenters. The Bertz CT molecular complexity index is 596. The van der Waals surface area contributed by atoms with Gasteiger partial charge in [0.25, 0.3) is 5.91 Å². The van der Waals surface area contributed by atoms with Crippen molar-refractivity contribution in [1.29, 1.82) is 0 Å². The Labute approximate surface area is 124 Å². The number of hydrogen-bond donors (Lipinski definition) is 2. The van der Waals surface area contributed by atoms with Gasteiger partial charge in [-0.15, -0.1) is 0 Å². The molecule has 0 saturated heterocycles. The maximum Gasteiger partial charge on any atom is 0.274 e. The van der Waals surface area contributed by atoms with E-state index in [0.29, 0.717) is 4.47 Å². The number of carbonyl (C=O) groups excluding carboxylic acids is 1. The van der Waals surface area contributed by atoms with Crippen molar-refractivity contribution in [1.82, 2.24) is 4.98 Å². The van der Waals surface area contributed by atoms with Gasteiger partial charge in [-0.3, -0.25) is 4.79 Å². The summed E-state index contributed by atoms with van der Waals surface area (Å²) >= 11 is 3.20. The van der Waals surface area contributed by atoms with E-state index < -0.39 is 11.7 Å². The molecule has 0 radical (unpaired) electrons. The van der Waals surface area contributed by atoms with Gasteiger partial charge in [0.15, 0.2) is 0 Å². The summed E-state index contributed by atoms with van der Waals surface area (Å²) in [4.78, 5) is 16.0. The molecule has 20 heavy (non-hydrogen) atoms. The predicted molar refractivity (Wildman–Crippen MR) is 80.5 cm³/mol. The molecule has 1 aromatic heterocycles. The summed E-state index contributed by atoms with van der Waals surface area (Å²) in [6, 6.07) is 7.82. The van der Waals surface area contributed by atoms with Crippen LogP contribution in [0, 0.1) is 5.82 Å². The molecule has 0 bridgehead atoms. The number of anilines is 2. The number of amides is 1. The number of aromatic nitrogens is 1. The predicted octanol–water partition coefficient (Wildman–Crippen LogP) is 3.67. The molecular weight excluding hydrogens is 325 g/mol. The molecule has 0 spiro atoms. The van der Waals surface area contributed by atoms with Gasteiger partial charge in [0.1, 0.15) is 11.5 Å². The number of carbonyl (C=O) groups is 1. The maximum atomic E-state index is 13.6. The minimum Gasteiger partial charge on any atom is -0.384 e. The lowest BCUT2D eigenvalue weighted by Crippen LogP contribution is -2.15. The van der Waals surface area contributed by atoms with Crippen molar-refractivity contribution in [3.05, 3.63) is 52.5 Å². The molecule has 1 amide bonds. The van der Waals surface area contributed by atoms with Gasteiger partial charge in [-0.25, -0.2) is 9.37 Å². The standard InChI is InChI=1S/C14H13BrFN3O/c1-2-17-9-6-7-12(18-8-9)14(20)19-13-10(15)4-3-5-11(13)16/h3-8,17H,2H2,1H3,(H,19,20). The van der Waals surface area contributed by atoms with Gasteiger partial charge >= 0.3 is 0 Å². The van der Waals surface area contributed by atoms with Crippen molar-refractivity contribution in [3.63, 3.8) is 0 Å². The van der Waals surface area contributed by atoms with E-state index in [9.17, 15) is 9.18 Å². The zero-order chi connectivity index (χ0) is 14.5.